The molecule has 0 spiro atoms. The molecule has 1 aliphatic rings. The van der Waals surface area contributed by atoms with Gasteiger partial charge in [-0.3, -0.25) is 0 Å². The van der Waals surface area contributed by atoms with Crippen LogP contribution < -0.4 is 21.1 Å². The van der Waals surface area contributed by atoms with Crippen LogP contribution in [0.1, 0.15) is 0 Å². The molecule has 0 bridgehead atoms. The zero-order valence-corrected chi connectivity index (χ0v) is 10.2. The van der Waals surface area contributed by atoms with E-state index in [2.05, 4.69) is 10.2 Å². The molecule has 6 nitrogen and oxygen atoms in total. The maximum Gasteiger partial charge on any atom is 0.238 e. The lowest BCUT2D eigenvalue weighted by atomic mass is 10.2. The standard InChI is InChI=1S/C10H16N4O2S/c11-9-7-8(17(12,15)16)1-2-10(9)14-5-3-13-4-6-14/h1-2,7,13H,3-6,11H2,(H2,12,15,16). The Morgan fingerprint density at radius 3 is 2.41 bits per heavy atom. The SMILES string of the molecule is Nc1cc(S(N)(=O)=O)ccc1N1CCNCC1. The van der Waals surface area contributed by atoms with E-state index in [1.54, 1.807) is 6.07 Å². The molecular weight excluding hydrogens is 240 g/mol. The molecule has 17 heavy (non-hydrogen) atoms. The molecule has 0 aliphatic carbocycles. The Morgan fingerprint density at radius 1 is 1.24 bits per heavy atom. The van der Waals surface area contributed by atoms with Crippen LogP contribution in [0.4, 0.5) is 11.4 Å². The van der Waals surface area contributed by atoms with Crippen LogP contribution in [0.25, 0.3) is 0 Å². The molecule has 1 aliphatic heterocycles. The summed E-state index contributed by atoms with van der Waals surface area (Å²) in [5, 5.41) is 8.29. The summed E-state index contributed by atoms with van der Waals surface area (Å²) in [6, 6.07) is 4.61. The third-order valence-corrected chi connectivity index (χ3v) is 3.70. The molecule has 1 aromatic carbocycles. The van der Waals surface area contributed by atoms with Crippen molar-refractivity contribution in [3.63, 3.8) is 0 Å². The first-order valence-electron chi connectivity index (χ1n) is 5.36. The van der Waals surface area contributed by atoms with Gasteiger partial charge in [0.15, 0.2) is 0 Å². The van der Waals surface area contributed by atoms with Crippen molar-refractivity contribution in [3.8, 4) is 0 Å². The minimum atomic E-state index is -3.68. The minimum Gasteiger partial charge on any atom is -0.397 e. The molecule has 0 atom stereocenters. The number of nitrogen functional groups attached to an aromatic ring is 1. The fraction of sp³-hybridized carbons (Fsp3) is 0.400. The highest BCUT2D eigenvalue weighted by atomic mass is 32.2. The largest absolute Gasteiger partial charge is 0.397 e. The molecule has 0 radical (unpaired) electrons. The zero-order valence-electron chi connectivity index (χ0n) is 9.39. The van der Waals surface area contributed by atoms with Crippen LogP contribution in [0.5, 0.6) is 0 Å². The second-order valence-electron chi connectivity index (χ2n) is 4.00. The second-order valence-corrected chi connectivity index (χ2v) is 5.56. The van der Waals surface area contributed by atoms with Crippen LogP contribution in [-0.2, 0) is 10.0 Å². The van der Waals surface area contributed by atoms with Gasteiger partial charge in [0, 0.05) is 26.2 Å². The predicted octanol–water partition coefficient (Wildman–Crippen LogP) is -0.674. The lowest BCUT2D eigenvalue weighted by Crippen LogP contribution is -2.43. The molecule has 0 unspecified atom stereocenters. The van der Waals surface area contributed by atoms with Gasteiger partial charge in [-0.15, -0.1) is 0 Å². The summed E-state index contributed by atoms with van der Waals surface area (Å²) >= 11 is 0. The van der Waals surface area contributed by atoms with Gasteiger partial charge in [-0.25, -0.2) is 13.6 Å². The van der Waals surface area contributed by atoms with E-state index in [1.807, 2.05) is 0 Å². The fourth-order valence-electron chi connectivity index (χ4n) is 1.90. The van der Waals surface area contributed by atoms with E-state index in [4.69, 9.17) is 10.9 Å². The lowest BCUT2D eigenvalue weighted by molar-refractivity contribution is 0.589. The summed E-state index contributed by atoms with van der Waals surface area (Å²) in [5.74, 6) is 0. The number of hydrogen-bond donors (Lipinski definition) is 3. The number of piperazine rings is 1. The maximum absolute atomic E-state index is 11.2. The highest BCUT2D eigenvalue weighted by Gasteiger charge is 2.15. The first-order chi connectivity index (χ1) is 7.98. The predicted molar refractivity (Wildman–Crippen MR) is 67.3 cm³/mol. The van der Waals surface area contributed by atoms with Gasteiger partial charge in [0.2, 0.25) is 10.0 Å². The fourth-order valence-corrected chi connectivity index (χ4v) is 2.45. The van der Waals surface area contributed by atoms with Crippen LogP contribution in [0.3, 0.4) is 0 Å². The summed E-state index contributed by atoms with van der Waals surface area (Å²) in [6.07, 6.45) is 0. The van der Waals surface area contributed by atoms with Crippen molar-refractivity contribution in [2.24, 2.45) is 5.14 Å². The van der Waals surface area contributed by atoms with E-state index >= 15 is 0 Å². The van der Waals surface area contributed by atoms with Crippen molar-refractivity contribution in [1.29, 1.82) is 0 Å². The number of nitrogens with zero attached hydrogens (tertiary/aromatic N) is 1. The van der Waals surface area contributed by atoms with E-state index in [0.717, 1.165) is 31.9 Å². The van der Waals surface area contributed by atoms with Crippen LogP contribution in [0.2, 0.25) is 0 Å². The summed E-state index contributed by atoms with van der Waals surface area (Å²) in [7, 11) is -3.68. The Hall–Kier alpha value is -1.31. The summed E-state index contributed by atoms with van der Waals surface area (Å²) in [6.45, 7) is 3.52. The molecule has 1 fully saturated rings. The number of nitrogens with two attached hydrogens (primary N) is 2. The molecule has 2 rings (SSSR count). The average molecular weight is 256 g/mol. The van der Waals surface area contributed by atoms with Crippen molar-refractivity contribution < 1.29 is 8.42 Å². The van der Waals surface area contributed by atoms with Crippen LogP contribution >= 0.6 is 0 Å². The monoisotopic (exact) mass is 256 g/mol. The Labute approximate surface area is 101 Å². The van der Waals surface area contributed by atoms with Gasteiger partial charge in [-0.05, 0) is 18.2 Å². The number of benzene rings is 1. The molecule has 1 heterocycles. The molecule has 0 aromatic heterocycles. The number of nitrogens with one attached hydrogen (secondary N) is 1. The first-order valence-corrected chi connectivity index (χ1v) is 6.91. The van der Waals surface area contributed by atoms with Crippen molar-refractivity contribution in [2.45, 2.75) is 4.90 Å². The van der Waals surface area contributed by atoms with E-state index in [9.17, 15) is 8.42 Å². The molecule has 0 saturated carbocycles. The second kappa shape index (κ2) is 4.52. The van der Waals surface area contributed by atoms with Crippen molar-refractivity contribution in [1.82, 2.24) is 5.32 Å². The lowest BCUT2D eigenvalue weighted by Gasteiger charge is -2.30. The molecule has 94 valence electrons. The third-order valence-electron chi connectivity index (χ3n) is 2.79. The van der Waals surface area contributed by atoms with E-state index in [-0.39, 0.29) is 4.90 Å². The van der Waals surface area contributed by atoms with Gasteiger partial charge < -0.3 is 16.0 Å². The van der Waals surface area contributed by atoms with Crippen molar-refractivity contribution in [3.05, 3.63) is 18.2 Å². The summed E-state index contributed by atoms with van der Waals surface area (Å²) in [4.78, 5) is 2.17. The number of hydrogen-bond acceptors (Lipinski definition) is 5. The zero-order chi connectivity index (χ0) is 12.5. The van der Waals surface area contributed by atoms with Crippen LogP contribution in [0.15, 0.2) is 23.1 Å². The Bertz CT molecular complexity index is 509. The van der Waals surface area contributed by atoms with Crippen LogP contribution in [0, 0.1) is 0 Å². The molecule has 5 N–H and O–H groups in total. The number of sulfonamides is 1. The normalized spacial score (nSPS) is 17.1. The highest BCUT2D eigenvalue weighted by Crippen LogP contribution is 2.25. The first kappa shape index (κ1) is 12.2. The summed E-state index contributed by atoms with van der Waals surface area (Å²) < 4.78 is 22.3. The van der Waals surface area contributed by atoms with Gasteiger partial charge in [-0.1, -0.05) is 0 Å². The number of anilines is 2. The van der Waals surface area contributed by atoms with Crippen molar-refractivity contribution in [2.75, 3.05) is 36.8 Å². The Balaban J connectivity index is 2.31. The van der Waals surface area contributed by atoms with Gasteiger partial charge >= 0.3 is 0 Å². The quantitative estimate of drug-likeness (QED) is 0.609. The average Bonchev–Trinajstić information content (AvgIpc) is 2.29. The highest BCUT2D eigenvalue weighted by molar-refractivity contribution is 7.89. The van der Waals surface area contributed by atoms with Gasteiger partial charge in [0.25, 0.3) is 0 Å². The Morgan fingerprint density at radius 2 is 1.88 bits per heavy atom. The molecular formula is C10H16N4O2S. The third kappa shape index (κ3) is 2.68. The van der Waals surface area contributed by atoms with Crippen molar-refractivity contribution >= 4 is 21.4 Å². The van der Waals surface area contributed by atoms with Gasteiger partial charge in [0.1, 0.15) is 0 Å². The molecule has 0 amide bonds. The molecule has 7 heteroatoms. The van der Waals surface area contributed by atoms with Crippen LogP contribution in [-0.4, -0.2) is 34.6 Å². The molecule has 1 saturated heterocycles. The maximum atomic E-state index is 11.2. The van der Waals surface area contributed by atoms with E-state index in [1.165, 1.54) is 12.1 Å². The topological polar surface area (TPSA) is 101 Å². The van der Waals surface area contributed by atoms with Gasteiger partial charge in [-0.2, -0.15) is 0 Å². The molecule has 1 aromatic rings. The summed E-state index contributed by atoms with van der Waals surface area (Å²) in [5.41, 5.74) is 7.17. The van der Waals surface area contributed by atoms with E-state index in [0.29, 0.717) is 5.69 Å². The Kier molecular flexibility index (Phi) is 3.23. The minimum absolute atomic E-state index is 0.0499. The number of primary sulfonamides is 1. The number of rotatable bonds is 2. The smallest absolute Gasteiger partial charge is 0.238 e. The van der Waals surface area contributed by atoms with Gasteiger partial charge in [0.05, 0.1) is 16.3 Å². The van der Waals surface area contributed by atoms with E-state index < -0.39 is 10.0 Å².